The Labute approximate surface area is 101 Å². The number of hydrogen-bond acceptors (Lipinski definition) is 1. The Balaban J connectivity index is 1.90. The monoisotopic (exact) mass is 222 g/mol. The van der Waals surface area contributed by atoms with E-state index in [9.17, 15) is 4.79 Å². The van der Waals surface area contributed by atoms with Crippen molar-refractivity contribution in [3.63, 3.8) is 0 Å². The first kappa shape index (κ1) is 10.3. The number of carbonyl (C=O) groups is 1. The second kappa shape index (κ2) is 4.17. The first-order chi connectivity index (χ1) is 8.34. The fraction of sp³-hybridized carbons (Fsp3) is 0.188. The third-order valence-corrected chi connectivity index (χ3v) is 3.46. The predicted molar refractivity (Wildman–Crippen MR) is 68.3 cm³/mol. The Morgan fingerprint density at radius 3 is 2.47 bits per heavy atom. The number of ketones is 1. The van der Waals surface area contributed by atoms with Gasteiger partial charge in [0.2, 0.25) is 0 Å². The van der Waals surface area contributed by atoms with Crippen molar-refractivity contribution in [2.24, 2.45) is 0 Å². The van der Waals surface area contributed by atoms with Gasteiger partial charge in [0.05, 0.1) is 0 Å². The van der Waals surface area contributed by atoms with Crippen LogP contribution < -0.4 is 0 Å². The highest BCUT2D eigenvalue weighted by molar-refractivity contribution is 6.01. The number of carbonyl (C=O) groups excluding carboxylic acids is 1. The van der Waals surface area contributed by atoms with Crippen LogP contribution in [0.15, 0.2) is 54.6 Å². The fourth-order valence-corrected chi connectivity index (χ4v) is 2.63. The van der Waals surface area contributed by atoms with Crippen LogP contribution >= 0.6 is 0 Å². The lowest BCUT2D eigenvalue weighted by atomic mass is 9.94. The average molecular weight is 222 g/mol. The molecule has 0 spiro atoms. The van der Waals surface area contributed by atoms with Crippen molar-refractivity contribution in [1.29, 1.82) is 0 Å². The van der Waals surface area contributed by atoms with Gasteiger partial charge in [-0.1, -0.05) is 54.6 Å². The molecule has 2 aromatic rings. The summed E-state index contributed by atoms with van der Waals surface area (Å²) in [7, 11) is 0. The van der Waals surface area contributed by atoms with E-state index in [-0.39, 0.29) is 0 Å². The molecular weight excluding hydrogens is 208 g/mol. The molecule has 2 aromatic carbocycles. The lowest BCUT2D eigenvalue weighted by molar-refractivity contribution is 0.0989. The van der Waals surface area contributed by atoms with Gasteiger partial charge >= 0.3 is 0 Å². The molecule has 0 radical (unpaired) electrons. The average Bonchev–Trinajstić information content (AvgIpc) is 2.69. The fourth-order valence-electron chi connectivity index (χ4n) is 2.63. The van der Waals surface area contributed by atoms with Crippen molar-refractivity contribution in [3.8, 4) is 0 Å². The number of Topliss-reactive ketones (excluding diaryl/α,β-unsaturated/α-hetero) is 1. The zero-order valence-corrected chi connectivity index (χ0v) is 9.60. The molecule has 0 unspecified atom stereocenters. The minimum absolute atomic E-state index is 0.293. The molecule has 1 heteroatoms. The van der Waals surface area contributed by atoms with Crippen LogP contribution in [0.2, 0.25) is 0 Å². The molecule has 0 bridgehead atoms. The van der Waals surface area contributed by atoms with Crippen LogP contribution in [0.4, 0.5) is 0 Å². The molecule has 0 fully saturated rings. The summed E-state index contributed by atoms with van der Waals surface area (Å²) < 4.78 is 0. The van der Waals surface area contributed by atoms with Crippen LogP contribution in [-0.4, -0.2) is 5.78 Å². The minimum atomic E-state index is 0.293. The molecular formula is C16H14O. The molecule has 0 aliphatic heterocycles. The molecule has 3 rings (SSSR count). The van der Waals surface area contributed by atoms with Gasteiger partial charge in [-0.3, -0.25) is 4.79 Å². The maximum Gasteiger partial charge on any atom is 0.163 e. The number of benzene rings is 2. The topological polar surface area (TPSA) is 17.1 Å². The van der Waals surface area contributed by atoms with Gasteiger partial charge in [-0.15, -0.1) is 0 Å². The van der Waals surface area contributed by atoms with Crippen molar-refractivity contribution < 1.29 is 4.79 Å². The predicted octanol–water partition coefficient (Wildman–Crippen LogP) is 3.60. The highest BCUT2D eigenvalue weighted by Crippen LogP contribution is 2.35. The Morgan fingerprint density at radius 1 is 0.941 bits per heavy atom. The van der Waals surface area contributed by atoms with Crippen molar-refractivity contribution in [2.45, 2.75) is 18.8 Å². The van der Waals surface area contributed by atoms with Crippen LogP contribution in [0.25, 0.3) is 0 Å². The van der Waals surface area contributed by atoms with E-state index >= 15 is 0 Å². The number of fused-ring (bicyclic) bond motifs is 1. The van der Waals surface area contributed by atoms with Crippen molar-refractivity contribution in [3.05, 3.63) is 71.3 Å². The minimum Gasteiger partial charge on any atom is -0.294 e. The standard InChI is InChI=1S/C16H14O/c17-16-11-13(10-12-6-2-1-3-7-12)14-8-4-5-9-15(14)16/h1-9,13H,10-11H2/t13-/m1/s1. The van der Waals surface area contributed by atoms with Crippen molar-refractivity contribution >= 4 is 5.78 Å². The Bertz CT molecular complexity index is 542. The van der Waals surface area contributed by atoms with Gasteiger partial charge in [0.15, 0.2) is 5.78 Å². The molecule has 1 atom stereocenters. The second-order valence-corrected chi connectivity index (χ2v) is 4.60. The van der Waals surface area contributed by atoms with Gasteiger partial charge < -0.3 is 0 Å². The SMILES string of the molecule is O=C1C[C@@H](Cc2ccccc2)c2ccccc21. The zero-order chi connectivity index (χ0) is 11.7. The summed E-state index contributed by atoms with van der Waals surface area (Å²) in [4.78, 5) is 11.9. The maximum absolute atomic E-state index is 11.9. The lowest BCUT2D eigenvalue weighted by Gasteiger charge is -2.10. The highest BCUT2D eigenvalue weighted by Gasteiger charge is 2.28. The molecule has 84 valence electrons. The van der Waals surface area contributed by atoms with Crippen LogP contribution in [0.1, 0.15) is 33.8 Å². The molecule has 1 nitrogen and oxygen atoms in total. The summed E-state index contributed by atoms with van der Waals surface area (Å²) >= 11 is 0. The van der Waals surface area contributed by atoms with Crippen LogP contribution in [0.3, 0.4) is 0 Å². The van der Waals surface area contributed by atoms with E-state index in [4.69, 9.17) is 0 Å². The first-order valence-electron chi connectivity index (χ1n) is 6.00. The first-order valence-corrected chi connectivity index (χ1v) is 6.00. The maximum atomic E-state index is 11.9. The summed E-state index contributed by atoms with van der Waals surface area (Å²) in [5.74, 6) is 0.655. The number of rotatable bonds is 2. The van der Waals surface area contributed by atoms with E-state index in [0.29, 0.717) is 18.1 Å². The summed E-state index contributed by atoms with van der Waals surface area (Å²) in [5, 5.41) is 0. The summed E-state index contributed by atoms with van der Waals surface area (Å²) in [5.41, 5.74) is 3.46. The Morgan fingerprint density at radius 2 is 1.65 bits per heavy atom. The van der Waals surface area contributed by atoms with Gasteiger partial charge in [0, 0.05) is 12.0 Å². The van der Waals surface area contributed by atoms with Crippen LogP contribution in [0.5, 0.6) is 0 Å². The molecule has 0 aromatic heterocycles. The van der Waals surface area contributed by atoms with Crippen LogP contribution in [-0.2, 0) is 6.42 Å². The molecule has 0 saturated carbocycles. The normalized spacial score (nSPS) is 18.1. The van der Waals surface area contributed by atoms with Gasteiger partial charge in [-0.05, 0) is 23.5 Å². The van der Waals surface area contributed by atoms with Gasteiger partial charge in [0.25, 0.3) is 0 Å². The summed E-state index contributed by atoms with van der Waals surface area (Å²) in [6.07, 6.45) is 1.62. The van der Waals surface area contributed by atoms with E-state index in [2.05, 4.69) is 30.3 Å². The molecule has 0 heterocycles. The molecule has 0 N–H and O–H groups in total. The van der Waals surface area contributed by atoms with Gasteiger partial charge in [0.1, 0.15) is 0 Å². The van der Waals surface area contributed by atoms with E-state index in [1.54, 1.807) is 0 Å². The summed E-state index contributed by atoms with van der Waals surface area (Å²) in [6, 6.07) is 18.4. The molecule has 17 heavy (non-hydrogen) atoms. The van der Waals surface area contributed by atoms with E-state index in [1.165, 1.54) is 11.1 Å². The number of hydrogen-bond donors (Lipinski definition) is 0. The van der Waals surface area contributed by atoms with Crippen molar-refractivity contribution in [1.82, 2.24) is 0 Å². The highest BCUT2D eigenvalue weighted by atomic mass is 16.1. The van der Waals surface area contributed by atoms with E-state index < -0.39 is 0 Å². The van der Waals surface area contributed by atoms with E-state index in [0.717, 1.165) is 12.0 Å². The Hall–Kier alpha value is -1.89. The molecule has 0 amide bonds. The zero-order valence-electron chi connectivity index (χ0n) is 9.60. The van der Waals surface area contributed by atoms with E-state index in [1.807, 2.05) is 24.3 Å². The van der Waals surface area contributed by atoms with Gasteiger partial charge in [-0.2, -0.15) is 0 Å². The molecule has 0 saturated heterocycles. The molecule has 1 aliphatic carbocycles. The molecule has 1 aliphatic rings. The quantitative estimate of drug-likeness (QED) is 0.758. The second-order valence-electron chi connectivity index (χ2n) is 4.60. The van der Waals surface area contributed by atoms with Crippen molar-refractivity contribution in [2.75, 3.05) is 0 Å². The van der Waals surface area contributed by atoms with Crippen LogP contribution in [0, 0.1) is 0 Å². The third-order valence-electron chi connectivity index (χ3n) is 3.46. The van der Waals surface area contributed by atoms with Gasteiger partial charge in [-0.25, -0.2) is 0 Å². The lowest BCUT2D eigenvalue weighted by Crippen LogP contribution is -1.98. The third kappa shape index (κ3) is 1.89. The largest absolute Gasteiger partial charge is 0.294 e. The smallest absolute Gasteiger partial charge is 0.163 e. The summed E-state index contributed by atoms with van der Waals surface area (Å²) in [6.45, 7) is 0. The Kier molecular flexibility index (Phi) is 2.52.